The van der Waals surface area contributed by atoms with E-state index in [2.05, 4.69) is 30.6 Å². The van der Waals surface area contributed by atoms with Crippen molar-refractivity contribution in [1.82, 2.24) is 30.2 Å². The molecule has 0 amide bonds. The molecule has 41 heavy (non-hydrogen) atoms. The number of ether oxygens (including phenoxy) is 1. The number of hydrogen-bond donors (Lipinski definition) is 5. The highest BCUT2D eigenvalue weighted by atomic mass is 19.4. The third-order valence-corrected chi connectivity index (χ3v) is 6.92. The van der Waals surface area contributed by atoms with E-state index in [4.69, 9.17) is 4.74 Å². The van der Waals surface area contributed by atoms with Gasteiger partial charge in [-0.25, -0.2) is 9.97 Å². The van der Waals surface area contributed by atoms with E-state index in [0.29, 0.717) is 12.4 Å². The summed E-state index contributed by atoms with van der Waals surface area (Å²) in [6, 6.07) is -1.50. The highest BCUT2D eigenvalue weighted by Gasteiger charge is 2.39. The Hall–Kier alpha value is -2.90. The number of halogens is 6. The molecule has 2 aromatic heterocycles. The summed E-state index contributed by atoms with van der Waals surface area (Å²) in [4.78, 5) is 17.4. The number of likely N-dealkylation sites (tertiary alicyclic amines) is 1. The molecule has 2 fully saturated rings. The molecular weight excluding hydrogens is 566 g/mol. The van der Waals surface area contributed by atoms with Gasteiger partial charge in [-0.2, -0.15) is 26.3 Å². The second-order valence-corrected chi connectivity index (χ2v) is 9.86. The maximum absolute atomic E-state index is 13.1. The molecule has 2 aromatic rings. The third kappa shape index (κ3) is 7.69. The summed E-state index contributed by atoms with van der Waals surface area (Å²) in [5.41, 5.74) is -2.37. The topological polar surface area (TPSA) is 152 Å². The molecule has 2 aliphatic heterocycles. The standard InChI is InChI=1S/C23H30F6N8O4/c1-36(19-9-32-7-17(35-19)23(27,28)29)13-4-30-5-14(38)21(13)41-3-2-37-10-12(20(40)15(39)11-37)33-18-8-31-6-16(34-18)22(24,25)26/h6-9,12-15,20-21,30,38-40H,2-5,10-11H2,1H3,(H,33,34)/t12-,13-,14-,15-,20+,21+/m0/s1. The molecule has 6 atom stereocenters. The summed E-state index contributed by atoms with van der Waals surface area (Å²) in [7, 11) is 1.51. The number of anilines is 2. The number of nitrogens with one attached hydrogen (secondary N) is 2. The van der Waals surface area contributed by atoms with Crippen LogP contribution in [-0.2, 0) is 17.1 Å². The van der Waals surface area contributed by atoms with Crippen molar-refractivity contribution in [3.63, 3.8) is 0 Å². The summed E-state index contributed by atoms with van der Waals surface area (Å²) < 4.78 is 84.3. The zero-order chi connectivity index (χ0) is 29.9. The molecule has 2 aliphatic rings. The van der Waals surface area contributed by atoms with E-state index in [0.717, 1.165) is 6.20 Å². The van der Waals surface area contributed by atoms with Crippen LogP contribution in [0, 0.1) is 0 Å². The van der Waals surface area contributed by atoms with E-state index in [1.807, 2.05) is 0 Å². The van der Waals surface area contributed by atoms with E-state index in [9.17, 15) is 41.7 Å². The number of aliphatic hydroxyl groups is 3. The minimum atomic E-state index is -4.71. The molecule has 18 heteroatoms. The molecule has 228 valence electrons. The van der Waals surface area contributed by atoms with Crippen molar-refractivity contribution >= 4 is 11.6 Å². The normalized spacial score (nSPS) is 28.0. The predicted octanol–water partition coefficient (Wildman–Crippen LogP) is -0.0236. The number of hydrogen-bond acceptors (Lipinski definition) is 12. The fraction of sp³-hybridized carbons (Fsp3) is 0.652. The Morgan fingerprint density at radius 2 is 1.61 bits per heavy atom. The highest BCUT2D eigenvalue weighted by molar-refractivity contribution is 5.38. The van der Waals surface area contributed by atoms with Crippen molar-refractivity contribution in [1.29, 1.82) is 0 Å². The summed E-state index contributed by atoms with van der Waals surface area (Å²) in [5.74, 6) is -0.287. The SMILES string of the molecule is CN(c1cncc(C(F)(F)F)n1)[C@H]1CNC[C@H](O)[C@@H]1OCCN1C[C@H](Nc2cncc(C(F)(F)F)n2)[C@@H](O)[C@@H](O)C1. The summed E-state index contributed by atoms with van der Waals surface area (Å²) in [5, 5.41) is 37.1. The van der Waals surface area contributed by atoms with Gasteiger partial charge in [0.1, 0.15) is 23.8 Å². The number of nitrogens with zero attached hydrogens (tertiary/aromatic N) is 6. The van der Waals surface area contributed by atoms with Gasteiger partial charge in [-0.1, -0.05) is 0 Å². The largest absolute Gasteiger partial charge is 0.434 e. The van der Waals surface area contributed by atoms with E-state index in [-0.39, 0.29) is 51.0 Å². The van der Waals surface area contributed by atoms with Crippen LogP contribution in [0.2, 0.25) is 0 Å². The van der Waals surface area contributed by atoms with Crippen LogP contribution >= 0.6 is 0 Å². The van der Waals surface area contributed by atoms with Crippen molar-refractivity contribution in [2.24, 2.45) is 0 Å². The molecule has 0 aliphatic carbocycles. The molecule has 4 heterocycles. The Labute approximate surface area is 230 Å². The van der Waals surface area contributed by atoms with Gasteiger partial charge in [0.2, 0.25) is 0 Å². The zero-order valence-electron chi connectivity index (χ0n) is 21.7. The van der Waals surface area contributed by atoms with Gasteiger partial charge in [0.05, 0.1) is 55.7 Å². The second-order valence-electron chi connectivity index (χ2n) is 9.86. The molecule has 12 nitrogen and oxygen atoms in total. The van der Waals surface area contributed by atoms with Crippen LogP contribution in [0.4, 0.5) is 38.0 Å². The highest BCUT2D eigenvalue weighted by Crippen LogP contribution is 2.30. The molecule has 0 spiro atoms. The lowest BCUT2D eigenvalue weighted by Gasteiger charge is -2.42. The summed E-state index contributed by atoms with van der Waals surface area (Å²) in [6.07, 6.45) is -10.3. The van der Waals surface area contributed by atoms with Gasteiger partial charge in [0.25, 0.3) is 0 Å². The van der Waals surface area contributed by atoms with Gasteiger partial charge < -0.3 is 35.6 Å². The fourth-order valence-corrected chi connectivity index (χ4v) is 4.77. The number of aliphatic hydroxyl groups excluding tert-OH is 3. The van der Waals surface area contributed by atoms with Crippen LogP contribution in [0.1, 0.15) is 11.4 Å². The lowest BCUT2D eigenvalue weighted by atomic mass is 9.99. The predicted molar refractivity (Wildman–Crippen MR) is 131 cm³/mol. The molecule has 2 saturated heterocycles. The van der Waals surface area contributed by atoms with Gasteiger partial charge in [0, 0.05) is 39.8 Å². The van der Waals surface area contributed by atoms with Gasteiger partial charge >= 0.3 is 12.4 Å². The van der Waals surface area contributed by atoms with Crippen molar-refractivity contribution < 1.29 is 46.4 Å². The number of β-amino-alcohol motifs (C(OH)–C–C–N with tert-alkyl or cyclic N) is 2. The molecule has 0 radical (unpaired) electrons. The Balaban J connectivity index is 1.38. The van der Waals surface area contributed by atoms with Crippen LogP contribution < -0.4 is 15.5 Å². The first-order valence-corrected chi connectivity index (χ1v) is 12.6. The smallest absolute Gasteiger partial charge is 0.389 e. The van der Waals surface area contributed by atoms with Crippen LogP contribution in [0.25, 0.3) is 0 Å². The van der Waals surface area contributed by atoms with Crippen molar-refractivity contribution in [3.05, 3.63) is 36.2 Å². The molecule has 4 rings (SSSR count). The second kappa shape index (κ2) is 12.5. The van der Waals surface area contributed by atoms with Gasteiger partial charge in [0.15, 0.2) is 11.4 Å². The minimum Gasteiger partial charge on any atom is -0.389 e. The molecular formula is C23H30F6N8O4. The third-order valence-electron chi connectivity index (χ3n) is 6.92. The molecule has 5 N–H and O–H groups in total. The summed E-state index contributed by atoms with van der Waals surface area (Å²) >= 11 is 0. The monoisotopic (exact) mass is 596 g/mol. The van der Waals surface area contributed by atoms with Gasteiger partial charge in [-0.05, 0) is 0 Å². The lowest BCUT2D eigenvalue weighted by molar-refractivity contribution is -0.142. The van der Waals surface area contributed by atoms with E-state index >= 15 is 0 Å². The van der Waals surface area contributed by atoms with Crippen molar-refractivity contribution in [3.8, 4) is 0 Å². The number of alkyl halides is 6. The first kappa shape index (κ1) is 31.0. The molecule has 0 bridgehead atoms. The van der Waals surface area contributed by atoms with Crippen LogP contribution in [-0.4, -0.2) is 123 Å². The van der Waals surface area contributed by atoms with Crippen LogP contribution in [0.3, 0.4) is 0 Å². The zero-order valence-corrected chi connectivity index (χ0v) is 21.7. The Morgan fingerprint density at radius 1 is 0.951 bits per heavy atom. The number of rotatable bonds is 8. The van der Waals surface area contributed by atoms with E-state index in [1.165, 1.54) is 18.1 Å². The van der Waals surface area contributed by atoms with Crippen LogP contribution in [0.15, 0.2) is 24.8 Å². The first-order chi connectivity index (χ1) is 19.2. The summed E-state index contributed by atoms with van der Waals surface area (Å²) in [6.45, 7) is 0.828. The maximum Gasteiger partial charge on any atom is 0.434 e. The minimum absolute atomic E-state index is 0.0270. The first-order valence-electron chi connectivity index (χ1n) is 12.6. The van der Waals surface area contributed by atoms with Crippen molar-refractivity contribution in [2.45, 2.75) is 48.9 Å². The fourth-order valence-electron chi connectivity index (χ4n) is 4.77. The Bertz CT molecular complexity index is 1160. The Morgan fingerprint density at radius 3 is 2.29 bits per heavy atom. The van der Waals surface area contributed by atoms with Crippen LogP contribution in [0.5, 0.6) is 0 Å². The van der Waals surface area contributed by atoms with E-state index in [1.54, 1.807) is 4.90 Å². The molecule has 0 saturated carbocycles. The van der Waals surface area contributed by atoms with Crippen molar-refractivity contribution in [2.75, 3.05) is 56.6 Å². The quantitative estimate of drug-likeness (QED) is 0.261. The van der Waals surface area contributed by atoms with Gasteiger partial charge in [-0.3, -0.25) is 14.9 Å². The Kier molecular flexibility index (Phi) is 9.49. The average Bonchev–Trinajstić information content (AvgIpc) is 2.91. The number of aromatic nitrogens is 4. The number of piperidine rings is 2. The lowest BCUT2D eigenvalue weighted by Crippen LogP contribution is -2.61. The van der Waals surface area contributed by atoms with E-state index < -0.39 is 60.2 Å². The number of likely N-dealkylation sites (N-methyl/N-ethyl adjacent to an activating group) is 1. The average molecular weight is 597 g/mol. The molecule has 0 unspecified atom stereocenters. The van der Waals surface area contributed by atoms with Gasteiger partial charge in [-0.15, -0.1) is 0 Å². The maximum atomic E-state index is 13.1. The molecule has 0 aromatic carbocycles.